The highest BCUT2D eigenvalue weighted by Gasteiger charge is 2.30. The Kier molecular flexibility index (Phi) is 2.69. The predicted octanol–water partition coefficient (Wildman–Crippen LogP) is 3.15. The lowest BCUT2D eigenvalue weighted by Crippen LogP contribution is -2.09. The third-order valence-electron chi connectivity index (χ3n) is 2.16. The van der Waals surface area contributed by atoms with E-state index in [0.29, 0.717) is 3.57 Å². The summed E-state index contributed by atoms with van der Waals surface area (Å²) < 4.78 is 37.7. The van der Waals surface area contributed by atoms with E-state index in [2.05, 4.69) is 4.98 Å². The average molecular weight is 339 g/mol. The van der Waals surface area contributed by atoms with Crippen LogP contribution < -0.4 is 5.43 Å². The summed E-state index contributed by atoms with van der Waals surface area (Å²) >= 11 is 1.83. The molecule has 0 aliphatic carbocycles. The monoisotopic (exact) mass is 339 g/mol. The summed E-state index contributed by atoms with van der Waals surface area (Å²) in [4.78, 5) is 14.2. The number of benzene rings is 1. The van der Waals surface area contributed by atoms with Crippen molar-refractivity contribution in [3.05, 3.63) is 43.8 Å². The molecule has 0 aliphatic heterocycles. The molecule has 84 valence electrons. The third-order valence-corrected chi connectivity index (χ3v) is 2.96. The van der Waals surface area contributed by atoms with Crippen molar-refractivity contribution in [1.29, 1.82) is 0 Å². The standard InChI is InChI=1S/C10H5F3INO/c11-10(12,13)5-1-2-6-8(3-5)15-4-7(14)9(6)16/h1-4H,(H,15,16). The Bertz CT molecular complexity index is 603. The van der Waals surface area contributed by atoms with Gasteiger partial charge in [-0.25, -0.2) is 0 Å². The van der Waals surface area contributed by atoms with E-state index in [9.17, 15) is 18.0 Å². The number of nitrogens with one attached hydrogen (secondary N) is 1. The molecule has 0 atom stereocenters. The molecule has 0 aliphatic rings. The molecule has 2 aromatic rings. The fourth-order valence-electron chi connectivity index (χ4n) is 1.37. The fraction of sp³-hybridized carbons (Fsp3) is 0.100. The first-order chi connectivity index (χ1) is 7.39. The third kappa shape index (κ3) is 1.93. The molecule has 1 heterocycles. The van der Waals surface area contributed by atoms with Gasteiger partial charge in [-0.05, 0) is 40.8 Å². The van der Waals surface area contributed by atoms with Crippen LogP contribution in [0.1, 0.15) is 5.56 Å². The Hall–Kier alpha value is -1.05. The zero-order chi connectivity index (χ0) is 11.9. The van der Waals surface area contributed by atoms with E-state index in [4.69, 9.17) is 0 Å². The van der Waals surface area contributed by atoms with E-state index in [1.165, 1.54) is 12.3 Å². The van der Waals surface area contributed by atoms with Crippen molar-refractivity contribution in [2.75, 3.05) is 0 Å². The molecule has 0 spiro atoms. The van der Waals surface area contributed by atoms with Crippen molar-refractivity contribution in [3.8, 4) is 0 Å². The van der Waals surface area contributed by atoms with Gasteiger partial charge in [0.2, 0.25) is 5.43 Å². The van der Waals surface area contributed by atoms with Gasteiger partial charge in [0, 0.05) is 17.1 Å². The maximum absolute atomic E-state index is 12.4. The number of hydrogen-bond acceptors (Lipinski definition) is 1. The van der Waals surface area contributed by atoms with E-state index in [0.717, 1.165) is 12.1 Å². The van der Waals surface area contributed by atoms with Crippen LogP contribution >= 0.6 is 22.6 Å². The first kappa shape index (κ1) is 11.4. The van der Waals surface area contributed by atoms with Crippen LogP contribution in [0.3, 0.4) is 0 Å². The minimum atomic E-state index is -4.39. The van der Waals surface area contributed by atoms with E-state index in [1.807, 2.05) is 22.6 Å². The highest BCUT2D eigenvalue weighted by molar-refractivity contribution is 14.1. The summed E-state index contributed by atoms with van der Waals surface area (Å²) in [6, 6.07) is 3.04. The molecular formula is C10H5F3INO. The molecule has 1 aromatic carbocycles. The fourth-order valence-corrected chi connectivity index (χ4v) is 1.82. The summed E-state index contributed by atoms with van der Waals surface area (Å²) in [5, 5.41) is 0.264. The van der Waals surface area contributed by atoms with Crippen molar-refractivity contribution in [2.24, 2.45) is 0 Å². The number of H-pyrrole nitrogens is 1. The summed E-state index contributed by atoms with van der Waals surface area (Å²) in [6.07, 6.45) is -3.00. The van der Waals surface area contributed by atoms with Gasteiger partial charge in [-0.1, -0.05) is 0 Å². The van der Waals surface area contributed by atoms with Gasteiger partial charge in [0.05, 0.1) is 9.13 Å². The first-order valence-electron chi connectivity index (χ1n) is 4.28. The van der Waals surface area contributed by atoms with Crippen LogP contribution in [0.2, 0.25) is 0 Å². The number of fused-ring (bicyclic) bond motifs is 1. The number of hydrogen-bond donors (Lipinski definition) is 1. The second-order valence-corrected chi connectivity index (χ2v) is 4.39. The smallest absolute Gasteiger partial charge is 0.360 e. The maximum atomic E-state index is 12.4. The summed E-state index contributed by atoms with van der Waals surface area (Å²) in [5.74, 6) is 0. The zero-order valence-corrected chi connectivity index (χ0v) is 9.89. The molecule has 1 aromatic heterocycles. The Morgan fingerprint density at radius 1 is 1.25 bits per heavy atom. The number of halogens is 4. The summed E-state index contributed by atoms with van der Waals surface area (Å²) in [6.45, 7) is 0. The van der Waals surface area contributed by atoms with Crippen LogP contribution in [0, 0.1) is 3.57 Å². The number of alkyl halides is 3. The van der Waals surface area contributed by atoms with E-state index >= 15 is 0 Å². The molecule has 0 saturated heterocycles. The molecule has 1 N–H and O–H groups in total. The minimum Gasteiger partial charge on any atom is -0.360 e. The van der Waals surface area contributed by atoms with Gasteiger partial charge in [-0.15, -0.1) is 0 Å². The maximum Gasteiger partial charge on any atom is 0.416 e. The van der Waals surface area contributed by atoms with Crippen molar-refractivity contribution < 1.29 is 13.2 Å². The molecule has 2 nitrogen and oxygen atoms in total. The highest BCUT2D eigenvalue weighted by Crippen LogP contribution is 2.30. The molecule has 16 heavy (non-hydrogen) atoms. The van der Waals surface area contributed by atoms with Crippen LogP contribution in [-0.2, 0) is 6.18 Å². The Morgan fingerprint density at radius 3 is 2.56 bits per heavy atom. The van der Waals surface area contributed by atoms with Crippen molar-refractivity contribution >= 4 is 33.5 Å². The lowest BCUT2D eigenvalue weighted by molar-refractivity contribution is -0.137. The highest BCUT2D eigenvalue weighted by atomic mass is 127. The van der Waals surface area contributed by atoms with E-state index in [1.54, 1.807) is 0 Å². The molecule has 6 heteroatoms. The Morgan fingerprint density at radius 2 is 1.94 bits per heavy atom. The topological polar surface area (TPSA) is 32.9 Å². The van der Waals surface area contributed by atoms with Gasteiger partial charge in [0.15, 0.2) is 0 Å². The van der Waals surface area contributed by atoms with Gasteiger partial charge in [0.1, 0.15) is 0 Å². The lowest BCUT2D eigenvalue weighted by atomic mass is 10.1. The van der Waals surface area contributed by atoms with Crippen molar-refractivity contribution in [1.82, 2.24) is 4.98 Å². The second kappa shape index (κ2) is 3.76. The molecular weight excluding hydrogens is 334 g/mol. The number of pyridine rings is 1. The number of aromatic nitrogens is 1. The summed E-state index contributed by atoms with van der Waals surface area (Å²) in [7, 11) is 0. The van der Waals surface area contributed by atoms with Gasteiger partial charge in [-0.2, -0.15) is 13.2 Å². The second-order valence-electron chi connectivity index (χ2n) is 3.22. The lowest BCUT2D eigenvalue weighted by Gasteiger charge is -2.07. The summed E-state index contributed by atoms with van der Waals surface area (Å²) in [5.41, 5.74) is -0.833. The van der Waals surface area contributed by atoms with Crippen LogP contribution in [0.15, 0.2) is 29.2 Å². The molecule has 0 bridgehead atoms. The van der Waals surface area contributed by atoms with Gasteiger partial charge >= 0.3 is 6.18 Å². The Labute approximate surface area is 102 Å². The largest absolute Gasteiger partial charge is 0.416 e. The van der Waals surface area contributed by atoms with Gasteiger partial charge in [-0.3, -0.25) is 4.79 Å². The first-order valence-corrected chi connectivity index (χ1v) is 5.35. The average Bonchev–Trinajstić information content (AvgIpc) is 2.22. The minimum absolute atomic E-state index is 0.195. The van der Waals surface area contributed by atoms with Gasteiger partial charge < -0.3 is 4.98 Å². The van der Waals surface area contributed by atoms with Crippen molar-refractivity contribution in [3.63, 3.8) is 0 Å². The molecule has 0 unspecified atom stereocenters. The number of aromatic amines is 1. The molecule has 0 radical (unpaired) electrons. The normalized spacial score (nSPS) is 12.0. The molecule has 2 rings (SSSR count). The predicted molar refractivity (Wildman–Crippen MR) is 62.3 cm³/mol. The van der Waals surface area contributed by atoms with Crippen LogP contribution in [0.4, 0.5) is 13.2 Å². The van der Waals surface area contributed by atoms with Crippen molar-refractivity contribution in [2.45, 2.75) is 6.18 Å². The zero-order valence-electron chi connectivity index (χ0n) is 7.73. The van der Waals surface area contributed by atoms with Crippen LogP contribution in [0.5, 0.6) is 0 Å². The molecule has 0 amide bonds. The van der Waals surface area contributed by atoms with Crippen LogP contribution in [0.25, 0.3) is 10.9 Å². The SMILES string of the molecule is O=c1c(I)c[nH]c2cc(C(F)(F)F)ccc12. The molecule has 0 saturated carbocycles. The van der Waals surface area contributed by atoms with Crippen LogP contribution in [-0.4, -0.2) is 4.98 Å². The van der Waals surface area contributed by atoms with E-state index < -0.39 is 11.7 Å². The number of rotatable bonds is 0. The molecule has 0 fully saturated rings. The Balaban J connectivity index is 2.75. The quantitative estimate of drug-likeness (QED) is 0.735. The van der Waals surface area contributed by atoms with E-state index in [-0.39, 0.29) is 16.3 Å². The van der Waals surface area contributed by atoms with Gasteiger partial charge in [0.25, 0.3) is 0 Å².